The van der Waals surface area contributed by atoms with Gasteiger partial charge < -0.3 is 14.2 Å². The Morgan fingerprint density at radius 2 is 2.07 bits per heavy atom. The quantitative estimate of drug-likeness (QED) is 0.741. The Hall–Kier alpha value is -1.89. The Morgan fingerprint density at radius 1 is 1.40 bits per heavy atom. The number of benzene rings is 1. The lowest BCUT2D eigenvalue weighted by molar-refractivity contribution is 0.174. The fourth-order valence-corrected chi connectivity index (χ4v) is 1.52. The van der Waals surface area contributed by atoms with Crippen LogP contribution < -0.4 is 14.2 Å². The molecule has 1 aliphatic rings. The van der Waals surface area contributed by atoms with Crippen LogP contribution in [0.15, 0.2) is 12.1 Å². The molecule has 4 heteroatoms. The maximum absolute atomic E-state index is 8.88. The molecule has 0 radical (unpaired) electrons. The molecule has 15 heavy (non-hydrogen) atoms. The molecule has 0 fully saturated rings. The van der Waals surface area contributed by atoms with Crippen molar-refractivity contribution in [1.29, 1.82) is 5.26 Å². The number of hydrogen-bond donors (Lipinski definition) is 0. The van der Waals surface area contributed by atoms with Gasteiger partial charge in [-0.25, -0.2) is 0 Å². The van der Waals surface area contributed by atoms with E-state index in [4.69, 9.17) is 19.5 Å². The Balaban J connectivity index is 2.50. The molecule has 1 atom stereocenters. The van der Waals surface area contributed by atoms with Crippen molar-refractivity contribution in [3.8, 4) is 23.3 Å². The van der Waals surface area contributed by atoms with Crippen molar-refractivity contribution in [2.24, 2.45) is 0 Å². The normalized spacial score (nSPS) is 14.5. The Bertz CT molecular complexity index is 423. The Kier molecular flexibility index (Phi) is 2.38. The molecule has 0 aromatic heterocycles. The van der Waals surface area contributed by atoms with Gasteiger partial charge in [-0.15, -0.1) is 0 Å². The van der Waals surface area contributed by atoms with Crippen molar-refractivity contribution < 1.29 is 14.2 Å². The largest absolute Gasteiger partial charge is 0.496 e. The molecule has 0 saturated carbocycles. The Labute approximate surface area is 88.0 Å². The molecule has 0 bridgehead atoms. The summed E-state index contributed by atoms with van der Waals surface area (Å²) in [4.78, 5) is 0. The molecule has 1 aliphatic heterocycles. The molecular weight excluding hydrogens is 194 g/mol. The van der Waals surface area contributed by atoms with Gasteiger partial charge in [0, 0.05) is 11.6 Å². The number of hydrogen-bond acceptors (Lipinski definition) is 4. The first kappa shape index (κ1) is 9.66. The minimum absolute atomic E-state index is 0.225. The van der Waals surface area contributed by atoms with E-state index in [0.29, 0.717) is 17.2 Å². The molecule has 4 nitrogen and oxygen atoms in total. The lowest BCUT2D eigenvalue weighted by Crippen LogP contribution is -1.95. The predicted molar refractivity (Wildman–Crippen MR) is 53.1 cm³/mol. The van der Waals surface area contributed by atoms with Gasteiger partial charge in [0.25, 0.3) is 0 Å². The van der Waals surface area contributed by atoms with Crippen molar-refractivity contribution in [2.75, 3.05) is 13.9 Å². The van der Waals surface area contributed by atoms with Gasteiger partial charge in [-0.1, -0.05) is 0 Å². The van der Waals surface area contributed by atoms with Gasteiger partial charge >= 0.3 is 0 Å². The summed E-state index contributed by atoms with van der Waals surface area (Å²) >= 11 is 0. The van der Waals surface area contributed by atoms with Gasteiger partial charge in [-0.3, -0.25) is 0 Å². The maximum Gasteiger partial charge on any atom is 0.231 e. The summed E-state index contributed by atoms with van der Waals surface area (Å²) in [7, 11) is 1.57. The summed E-state index contributed by atoms with van der Waals surface area (Å²) in [6, 6.07) is 5.73. The van der Waals surface area contributed by atoms with E-state index in [1.165, 1.54) is 0 Å². The van der Waals surface area contributed by atoms with E-state index < -0.39 is 0 Å². The lowest BCUT2D eigenvalue weighted by Gasteiger charge is -2.10. The maximum atomic E-state index is 8.88. The summed E-state index contributed by atoms with van der Waals surface area (Å²) in [5.41, 5.74) is 0.823. The fraction of sp³-hybridized carbons (Fsp3) is 0.364. The topological polar surface area (TPSA) is 51.5 Å². The van der Waals surface area contributed by atoms with E-state index in [9.17, 15) is 0 Å². The molecule has 1 aromatic carbocycles. The molecule has 0 spiro atoms. The Morgan fingerprint density at radius 3 is 2.67 bits per heavy atom. The zero-order valence-corrected chi connectivity index (χ0v) is 8.61. The van der Waals surface area contributed by atoms with Crippen LogP contribution in [0.1, 0.15) is 18.4 Å². The average Bonchev–Trinajstić information content (AvgIpc) is 2.73. The van der Waals surface area contributed by atoms with Crippen molar-refractivity contribution in [3.63, 3.8) is 0 Å². The number of rotatable bonds is 2. The zero-order chi connectivity index (χ0) is 10.8. The standard InChI is InChI=1S/C11H11NO3/c1-7(5-12)8-3-10-11(15-6-14-10)4-9(8)13-2/h3-4,7H,6H2,1-2H3. The van der Waals surface area contributed by atoms with Crippen LogP contribution in [0, 0.1) is 11.3 Å². The van der Waals surface area contributed by atoms with E-state index in [-0.39, 0.29) is 12.7 Å². The van der Waals surface area contributed by atoms with Crippen LogP contribution in [0.5, 0.6) is 17.2 Å². The summed E-state index contributed by atoms with van der Waals surface area (Å²) in [5.74, 6) is 1.77. The second kappa shape index (κ2) is 3.70. The minimum Gasteiger partial charge on any atom is -0.496 e. The zero-order valence-electron chi connectivity index (χ0n) is 8.61. The monoisotopic (exact) mass is 205 g/mol. The van der Waals surface area contributed by atoms with Gasteiger partial charge in [0.1, 0.15) is 5.75 Å². The summed E-state index contributed by atoms with van der Waals surface area (Å²) in [5, 5.41) is 8.88. The highest BCUT2D eigenvalue weighted by Gasteiger charge is 2.20. The number of nitriles is 1. The van der Waals surface area contributed by atoms with Gasteiger partial charge in [-0.05, 0) is 13.0 Å². The molecule has 1 heterocycles. The number of nitrogens with zero attached hydrogens (tertiary/aromatic N) is 1. The summed E-state index contributed by atoms with van der Waals surface area (Å²) < 4.78 is 15.7. The molecule has 78 valence electrons. The highest BCUT2D eigenvalue weighted by molar-refractivity contribution is 5.53. The van der Waals surface area contributed by atoms with Crippen LogP contribution in [-0.4, -0.2) is 13.9 Å². The molecular formula is C11H11NO3. The molecule has 0 aliphatic carbocycles. The van der Waals surface area contributed by atoms with Crippen molar-refractivity contribution in [2.45, 2.75) is 12.8 Å². The number of fused-ring (bicyclic) bond motifs is 1. The second-order valence-corrected chi connectivity index (χ2v) is 3.30. The molecule has 2 rings (SSSR count). The predicted octanol–water partition coefficient (Wildman–Crippen LogP) is 2.05. The van der Waals surface area contributed by atoms with Crippen molar-refractivity contribution in [1.82, 2.24) is 0 Å². The van der Waals surface area contributed by atoms with Crippen LogP contribution in [0.4, 0.5) is 0 Å². The van der Waals surface area contributed by atoms with E-state index >= 15 is 0 Å². The first-order valence-electron chi connectivity index (χ1n) is 4.63. The molecule has 0 amide bonds. The van der Waals surface area contributed by atoms with Gasteiger partial charge in [0.15, 0.2) is 11.5 Å². The first-order valence-corrected chi connectivity index (χ1v) is 4.63. The third kappa shape index (κ3) is 1.57. The third-order valence-electron chi connectivity index (χ3n) is 2.39. The van der Waals surface area contributed by atoms with Gasteiger partial charge in [-0.2, -0.15) is 5.26 Å². The SMILES string of the molecule is COc1cc2c(cc1C(C)C#N)OCO2. The van der Waals surface area contributed by atoms with Gasteiger partial charge in [0.05, 0.1) is 19.1 Å². The van der Waals surface area contributed by atoms with Crippen LogP contribution >= 0.6 is 0 Å². The fourth-order valence-electron chi connectivity index (χ4n) is 1.52. The van der Waals surface area contributed by atoms with Crippen LogP contribution in [0.2, 0.25) is 0 Å². The molecule has 1 unspecified atom stereocenters. The van der Waals surface area contributed by atoms with E-state index in [0.717, 1.165) is 5.56 Å². The summed E-state index contributed by atoms with van der Waals surface area (Å²) in [6.07, 6.45) is 0. The van der Waals surface area contributed by atoms with Crippen molar-refractivity contribution >= 4 is 0 Å². The molecule has 1 aromatic rings. The molecule has 0 saturated heterocycles. The van der Waals surface area contributed by atoms with Crippen LogP contribution in [-0.2, 0) is 0 Å². The van der Waals surface area contributed by atoms with E-state index in [2.05, 4.69) is 6.07 Å². The van der Waals surface area contributed by atoms with Gasteiger partial charge in [0.2, 0.25) is 6.79 Å². The highest BCUT2D eigenvalue weighted by atomic mass is 16.7. The lowest BCUT2D eigenvalue weighted by atomic mass is 10.0. The third-order valence-corrected chi connectivity index (χ3v) is 2.39. The number of ether oxygens (including phenoxy) is 3. The van der Waals surface area contributed by atoms with E-state index in [1.54, 1.807) is 19.2 Å². The van der Waals surface area contributed by atoms with E-state index in [1.807, 2.05) is 6.92 Å². The van der Waals surface area contributed by atoms with Crippen LogP contribution in [0.25, 0.3) is 0 Å². The second-order valence-electron chi connectivity index (χ2n) is 3.30. The molecule has 0 N–H and O–H groups in total. The minimum atomic E-state index is -0.227. The smallest absolute Gasteiger partial charge is 0.231 e. The highest BCUT2D eigenvalue weighted by Crippen LogP contribution is 2.40. The average molecular weight is 205 g/mol. The first-order chi connectivity index (χ1) is 7.26. The van der Waals surface area contributed by atoms with Crippen molar-refractivity contribution in [3.05, 3.63) is 17.7 Å². The summed E-state index contributed by atoms with van der Waals surface area (Å²) in [6.45, 7) is 2.04. The number of methoxy groups -OCH3 is 1. The van der Waals surface area contributed by atoms with Crippen LogP contribution in [0.3, 0.4) is 0 Å².